The van der Waals surface area contributed by atoms with Crippen LogP contribution in [0.15, 0.2) is 0 Å². The summed E-state index contributed by atoms with van der Waals surface area (Å²) in [5.74, 6) is 3.45. The van der Waals surface area contributed by atoms with Crippen molar-refractivity contribution in [1.82, 2.24) is 0 Å². The molecule has 0 aromatic carbocycles. The van der Waals surface area contributed by atoms with E-state index in [1.54, 1.807) is 0 Å². The maximum absolute atomic E-state index is 12.8. The van der Waals surface area contributed by atoms with Gasteiger partial charge in [0.15, 0.2) is 0 Å². The Balaban J connectivity index is 1.83. The molecule has 0 unspecified atom stereocenters. The van der Waals surface area contributed by atoms with Crippen LogP contribution in [0, 0.1) is 35.0 Å². The second kappa shape index (κ2) is 4.99. The zero-order valence-corrected chi connectivity index (χ0v) is 14.4. The smallest absolute Gasteiger partial charge is 0.312 e. The molecule has 0 atom stereocenters. The standard InChI is InChI=1S/C19H32O2/c1-6-19(21-17(20)18(4,5)12(2)3)15-8-13-7-14(10-15)11-16(19)9-13/h12-16H,6-11H2,1-5H3. The molecule has 0 aliphatic heterocycles. The van der Waals surface area contributed by atoms with Crippen molar-refractivity contribution < 1.29 is 9.53 Å². The van der Waals surface area contributed by atoms with Crippen molar-refractivity contribution in [2.75, 3.05) is 0 Å². The van der Waals surface area contributed by atoms with Crippen molar-refractivity contribution in [1.29, 1.82) is 0 Å². The summed E-state index contributed by atoms with van der Waals surface area (Å²) in [7, 11) is 0. The minimum Gasteiger partial charge on any atom is -0.458 e. The van der Waals surface area contributed by atoms with Crippen LogP contribution >= 0.6 is 0 Å². The summed E-state index contributed by atoms with van der Waals surface area (Å²) in [6.45, 7) is 10.6. The fraction of sp³-hybridized carbons (Fsp3) is 0.947. The summed E-state index contributed by atoms with van der Waals surface area (Å²) in [6, 6.07) is 0. The second-order valence-corrected chi connectivity index (χ2v) is 8.88. The van der Waals surface area contributed by atoms with Gasteiger partial charge >= 0.3 is 5.97 Å². The van der Waals surface area contributed by atoms with Crippen LogP contribution < -0.4 is 0 Å². The highest BCUT2D eigenvalue weighted by Crippen LogP contribution is 2.61. The highest BCUT2D eigenvalue weighted by molar-refractivity contribution is 5.76. The lowest BCUT2D eigenvalue weighted by atomic mass is 9.49. The molecule has 0 aromatic rings. The van der Waals surface area contributed by atoms with E-state index in [0.717, 1.165) is 18.3 Å². The van der Waals surface area contributed by atoms with Crippen LogP contribution in [0.4, 0.5) is 0 Å². The summed E-state index contributed by atoms with van der Waals surface area (Å²) < 4.78 is 6.35. The third-order valence-electron chi connectivity index (χ3n) is 7.32. The summed E-state index contributed by atoms with van der Waals surface area (Å²) in [4.78, 5) is 12.8. The minimum atomic E-state index is -0.378. The van der Waals surface area contributed by atoms with E-state index in [2.05, 4.69) is 20.8 Å². The number of hydrogen-bond acceptors (Lipinski definition) is 2. The Morgan fingerprint density at radius 3 is 1.95 bits per heavy atom. The fourth-order valence-corrected chi connectivity index (χ4v) is 5.34. The first-order chi connectivity index (χ1) is 9.79. The first kappa shape index (κ1) is 15.4. The monoisotopic (exact) mass is 292 g/mol. The number of rotatable bonds is 4. The molecule has 4 bridgehead atoms. The van der Waals surface area contributed by atoms with E-state index in [0.29, 0.717) is 17.8 Å². The van der Waals surface area contributed by atoms with Gasteiger partial charge in [-0.3, -0.25) is 4.79 Å². The lowest BCUT2D eigenvalue weighted by Gasteiger charge is -2.60. The summed E-state index contributed by atoms with van der Waals surface area (Å²) in [5, 5.41) is 0. The third kappa shape index (κ3) is 2.24. The molecule has 4 fully saturated rings. The number of carbonyl (C=O) groups is 1. The molecule has 21 heavy (non-hydrogen) atoms. The summed E-state index contributed by atoms with van der Waals surface area (Å²) in [5.41, 5.74) is -0.520. The molecule has 4 aliphatic carbocycles. The van der Waals surface area contributed by atoms with Gasteiger partial charge in [0.25, 0.3) is 0 Å². The van der Waals surface area contributed by atoms with Crippen molar-refractivity contribution in [3.63, 3.8) is 0 Å². The van der Waals surface area contributed by atoms with Gasteiger partial charge in [-0.25, -0.2) is 0 Å². The van der Waals surface area contributed by atoms with Crippen molar-refractivity contribution in [3.8, 4) is 0 Å². The molecule has 2 heteroatoms. The van der Waals surface area contributed by atoms with E-state index < -0.39 is 0 Å². The van der Waals surface area contributed by atoms with Gasteiger partial charge in [-0.1, -0.05) is 20.8 Å². The van der Waals surface area contributed by atoms with Gasteiger partial charge in [0.2, 0.25) is 0 Å². The number of hydrogen-bond donors (Lipinski definition) is 0. The molecule has 2 nitrogen and oxygen atoms in total. The van der Waals surface area contributed by atoms with Gasteiger partial charge in [0.1, 0.15) is 5.60 Å². The van der Waals surface area contributed by atoms with Crippen molar-refractivity contribution in [3.05, 3.63) is 0 Å². The van der Waals surface area contributed by atoms with E-state index in [1.165, 1.54) is 32.1 Å². The van der Waals surface area contributed by atoms with Gasteiger partial charge in [0, 0.05) is 0 Å². The lowest BCUT2D eigenvalue weighted by molar-refractivity contribution is -0.220. The Morgan fingerprint density at radius 2 is 1.57 bits per heavy atom. The van der Waals surface area contributed by atoms with Gasteiger partial charge in [-0.15, -0.1) is 0 Å². The predicted octanol–water partition coefficient (Wildman–Crippen LogP) is 4.82. The molecule has 4 aliphatic rings. The number of esters is 1. The number of carbonyl (C=O) groups excluding carboxylic acids is 1. The molecule has 0 spiro atoms. The van der Waals surface area contributed by atoms with Crippen LogP contribution in [0.25, 0.3) is 0 Å². The van der Waals surface area contributed by atoms with E-state index in [1.807, 2.05) is 13.8 Å². The molecule has 4 saturated carbocycles. The largest absolute Gasteiger partial charge is 0.458 e. The van der Waals surface area contributed by atoms with E-state index in [9.17, 15) is 4.79 Å². The summed E-state index contributed by atoms with van der Waals surface area (Å²) >= 11 is 0. The maximum Gasteiger partial charge on any atom is 0.312 e. The molecule has 0 N–H and O–H groups in total. The van der Waals surface area contributed by atoms with Crippen LogP contribution in [0.5, 0.6) is 0 Å². The fourth-order valence-electron chi connectivity index (χ4n) is 5.34. The number of ether oxygens (including phenoxy) is 1. The SMILES string of the molecule is CCC1(OC(=O)C(C)(C)C(C)C)C2CC3CC(C2)CC1C3. The molecule has 0 saturated heterocycles. The van der Waals surface area contributed by atoms with Crippen LogP contribution in [-0.4, -0.2) is 11.6 Å². The first-order valence-corrected chi connectivity index (χ1v) is 9.03. The molecular weight excluding hydrogens is 260 g/mol. The zero-order valence-electron chi connectivity index (χ0n) is 14.4. The average Bonchev–Trinajstić information content (AvgIpc) is 2.41. The maximum atomic E-state index is 12.8. The van der Waals surface area contributed by atoms with Gasteiger partial charge in [-0.05, 0) is 82.0 Å². The second-order valence-electron chi connectivity index (χ2n) is 8.88. The Bertz CT molecular complexity index is 393. The Hall–Kier alpha value is -0.530. The quantitative estimate of drug-likeness (QED) is 0.695. The Kier molecular flexibility index (Phi) is 3.65. The van der Waals surface area contributed by atoms with E-state index in [4.69, 9.17) is 4.74 Å². The van der Waals surface area contributed by atoms with Gasteiger partial charge < -0.3 is 4.74 Å². The van der Waals surface area contributed by atoms with Crippen LogP contribution in [0.3, 0.4) is 0 Å². The van der Waals surface area contributed by atoms with Crippen LogP contribution in [0.1, 0.15) is 73.1 Å². The Labute approximate surface area is 130 Å². The molecule has 0 radical (unpaired) electrons. The van der Waals surface area contributed by atoms with Crippen LogP contribution in [0.2, 0.25) is 0 Å². The van der Waals surface area contributed by atoms with E-state index >= 15 is 0 Å². The van der Waals surface area contributed by atoms with Crippen molar-refractivity contribution >= 4 is 5.97 Å². The molecular formula is C19H32O2. The lowest BCUT2D eigenvalue weighted by Crippen LogP contribution is -2.60. The molecule has 0 heterocycles. The average molecular weight is 292 g/mol. The minimum absolute atomic E-state index is 0.0341. The van der Waals surface area contributed by atoms with E-state index in [-0.39, 0.29) is 17.0 Å². The highest BCUT2D eigenvalue weighted by Gasteiger charge is 2.59. The van der Waals surface area contributed by atoms with Gasteiger partial charge in [-0.2, -0.15) is 0 Å². The van der Waals surface area contributed by atoms with Gasteiger partial charge in [0.05, 0.1) is 5.41 Å². The highest BCUT2D eigenvalue weighted by atomic mass is 16.6. The normalized spacial score (nSPS) is 41.6. The summed E-state index contributed by atoms with van der Waals surface area (Å²) in [6.07, 6.45) is 7.65. The topological polar surface area (TPSA) is 26.3 Å². The Morgan fingerprint density at radius 1 is 1.10 bits per heavy atom. The zero-order chi connectivity index (χ0) is 15.4. The predicted molar refractivity (Wildman–Crippen MR) is 84.8 cm³/mol. The molecule has 120 valence electrons. The molecule has 0 aromatic heterocycles. The van der Waals surface area contributed by atoms with Crippen LogP contribution in [-0.2, 0) is 9.53 Å². The molecule has 0 amide bonds. The molecule has 4 rings (SSSR count). The first-order valence-electron chi connectivity index (χ1n) is 9.03. The third-order valence-corrected chi connectivity index (χ3v) is 7.32. The van der Waals surface area contributed by atoms with Crippen molar-refractivity contribution in [2.24, 2.45) is 35.0 Å². The van der Waals surface area contributed by atoms with Crippen molar-refractivity contribution in [2.45, 2.75) is 78.7 Å².